The van der Waals surface area contributed by atoms with E-state index in [1.165, 1.54) is 11.1 Å². The molecule has 7 heteroatoms. The van der Waals surface area contributed by atoms with Gasteiger partial charge in [0.15, 0.2) is 0 Å². The first-order valence-corrected chi connectivity index (χ1v) is 11.5. The summed E-state index contributed by atoms with van der Waals surface area (Å²) in [6.07, 6.45) is 8.71. The van der Waals surface area contributed by atoms with Crippen LogP contribution in [0.2, 0.25) is 0 Å². The molecule has 0 aromatic carbocycles. The van der Waals surface area contributed by atoms with Gasteiger partial charge in [0.2, 0.25) is 0 Å². The lowest BCUT2D eigenvalue weighted by atomic mass is 10.1. The second-order valence-electron chi connectivity index (χ2n) is 8.47. The first kappa shape index (κ1) is 26.6. The molecular formula is C21H38NO5P. The van der Waals surface area contributed by atoms with Crippen molar-refractivity contribution < 1.29 is 23.9 Å². The van der Waals surface area contributed by atoms with Gasteiger partial charge in [-0.2, -0.15) is 0 Å². The summed E-state index contributed by atoms with van der Waals surface area (Å²) in [4.78, 5) is 31.7. The van der Waals surface area contributed by atoms with Gasteiger partial charge in [-0.25, -0.2) is 4.79 Å². The van der Waals surface area contributed by atoms with Gasteiger partial charge in [-0.05, 0) is 74.1 Å². The Bertz CT molecular complexity index is 634. The summed E-state index contributed by atoms with van der Waals surface area (Å²) in [5.41, 5.74) is 3.02. The molecule has 0 aliphatic rings. The largest absolute Gasteiger partial charge is 0.444 e. The number of nitrogens with zero attached hydrogens (tertiary/aromatic N) is 1. The lowest BCUT2D eigenvalue weighted by Gasteiger charge is -2.27. The van der Waals surface area contributed by atoms with Gasteiger partial charge in [0.05, 0.1) is 0 Å². The van der Waals surface area contributed by atoms with Crippen LogP contribution >= 0.6 is 7.60 Å². The molecule has 6 nitrogen and oxygen atoms in total. The molecule has 0 fully saturated rings. The average Bonchev–Trinajstić information content (AvgIpc) is 2.48. The number of hydrogen-bond acceptors (Lipinski definition) is 3. The highest BCUT2D eigenvalue weighted by atomic mass is 31.2. The Morgan fingerprint density at radius 2 is 1.46 bits per heavy atom. The lowest BCUT2D eigenvalue weighted by molar-refractivity contribution is 0.0292. The molecule has 0 bridgehead atoms. The topological polar surface area (TPSA) is 87.1 Å². The van der Waals surface area contributed by atoms with E-state index in [1.54, 1.807) is 20.8 Å². The van der Waals surface area contributed by atoms with Crippen molar-refractivity contribution in [2.75, 3.05) is 12.8 Å². The Morgan fingerprint density at radius 3 is 1.93 bits per heavy atom. The van der Waals surface area contributed by atoms with E-state index in [-0.39, 0.29) is 6.54 Å². The maximum absolute atomic E-state index is 12.2. The number of hydrogen-bond donors (Lipinski definition) is 2. The summed E-state index contributed by atoms with van der Waals surface area (Å²) in [6, 6.07) is 0. The van der Waals surface area contributed by atoms with E-state index in [0.29, 0.717) is 0 Å². The molecule has 0 aliphatic carbocycles. The van der Waals surface area contributed by atoms with Crippen LogP contribution in [0.4, 0.5) is 4.79 Å². The monoisotopic (exact) mass is 415 g/mol. The Hall–Kier alpha value is -1.36. The van der Waals surface area contributed by atoms with Gasteiger partial charge >= 0.3 is 13.7 Å². The smallest absolute Gasteiger partial charge is 0.411 e. The third-order valence-corrected chi connectivity index (χ3v) is 4.50. The van der Waals surface area contributed by atoms with E-state index in [1.807, 2.05) is 13.0 Å². The van der Waals surface area contributed by atoms with Crippen LogP contribution in [0.3, 0.4) is 0 Å². The van der Waals surface area contributed by atoms with Crippen LogP contribution in [-0.2, 0) is 9.30 Å². The van der Waals surface area contributed by atoms with E-state index < -0.39 is 25.6 Å². The van der Waals surface area contributed by atoms with Gasteiger partial charge in [0.1, 0.15) is 11.9 Å². The summed E-state index contributed by atoms with van der Waals surface area (Å²) in [7, 11) is -4.37. The summed E-state index contributed by atoms with van der Waals surface area (Å²) in [5, 5.41) is 0. The molecular weight excluding hydrogens is 377 g/mol. The van der Waals surface area contributed by atoms with Crippen LogP contribution < -0.4 is 0 Å². The van der Waals surface area contributed by atoms with Crippen molar-refractivity contribution in [2.24, 2.45) is 0 Å². The number of rotatable bonds is 10. The number of carbonyl (C=O) groups is 1. The highest BCUT2D eigenvalue weighted by Crippen LogP contribution is 2.35. The van der Waals surface area contributed by atoms with Crippen molar-refractivity contribution in [1.29, 1.82) is 0 Å². The van der Waals surface area contributed by atoms with E-state index in [2.05, 4.69) is 32.9 Å². The molecule has 1 amide bonds. The molecule has 0 spiro atoms. The number of carbonyl (C=O) groups excluding carboxylic acids is 1. The van der Waals surface area contributed by atoms with E-state index >= 15 is 0 Å². The highest BCUT2D eigenvalue weighted by molar-refractivity contribution is 7.51. The fraction of sp³-hybridized carbons (Fsp3) is 0.667. The molecule has 2 N–H and O–H groups in total. The molecule has 0 unspecified atom stereocenters. The number of allylic oxidation sites excluding steroid dienone is 5. The van der Waals surface area contributed by atoms with Gasteiger partial charge in [-0.3, -0.25) is 9.46 Å². The van der Waals surface area contributed by atoms with Crippen molar-refractivity contribution in [3.8, 4) is 0 Å². The summed E-state index contributed by atoms with van der Waals surface area (Å²) >= 11 is 0. The summed E-state index contributed by atoms with van der Waals surface area (Å²) < 4.78 is 16.6. The Labute approximate surface area is 170 Å². The Morgan fingerprint density at radius 1 is 0.964 bits per heavy atom. The lowest BCUT2D eigenvalue weighted by Crippen LogP contribution is -2.37. The van der Waals surface area contributed by atoms with Crippen LogP contribution in [0, 0.1) is 0 Å². The van der Waals surface area contributed by atoms with Crippen LogP contribution in [0.5, 0.6) is 0 Å². The summed E-state index contributed by atoms with van der Waals surface area (Å²) in [6.45, 7) is 13.5. The van der Waals surface area contributed by atoms with Crippen molar-refractivity contribution in [1.82, 2.24) is 4.90 Å². The maximum Gasteiger partial charge on any atom is 0.411 e. The van der Waals surface area contributed by atoms with Crippen molar-refractivity contribution in [3.05, 3.63) is 34.9 Å². The summed E-state index contributed by atoms with van der Waals surface area (Å²) in [5.74, 6) is 0. The third kappa shape index (κ3) is 15.7. The van der Waals surface area contributed by atoms with Gasteiger partial charge in [0.25, 0.3) is 0 Å². The van der Waals surface area contributed by atoms with Gasteiger partial charge in [-0.15, -0.1) is 0 Å². The first-order chi connectivity index (χ1) is 12.7. The Balaban J connectivity index is 4.75. The molecule has 0 heterocycles. The minimum atomic E-state index is -4.37. The molecule has 162 valence electrons. The minimum Gasteiger partial charge on any atom is -0.444 e. The molecule has 0 atom stereocenters. The minimum absolute atomic E-state index is 0.106. The number of amides is 1. The molecule has 0 saturated heterocycles. The van der Waals surface area contributed by atoms with Crippen LogP contribution in [0.1, 0.15) is 74.1 Å². The van der Waals surface area contributed by atoms with Crippen LogP contribution in [0.25, 0.3) is 0 Å². The SMILES string of the molecule is CC(C)=CCCC(C)=CCCC(C)=CCN(CP(=O)(O)O)C(=O)OC(C)(C)C. The van der Waals surface area contributed by atoms with E-state index in [0.717, 1.165) is 36.2 Å². The van der Waals surface area contributed by atoms with Crippen molar-refractivity contribution in [2.45, 2.75) is 79.8 Å². The quantitative estimate of drug-likeness (QED) is 0.349. The van der Waals surface area contributed by atoms with Gasteiger partial charge in [0, 0.05) is 6.54 Å². The zero-order chi connectivity index (χ0) is 22.0. The fourth-order valence-electron chi connectivity index (χ4n) is 2.34. The van der Waals surface area contributed by atoms with E-state index in [4.69, 9.17) is 4.74 Å². The molecule has 0 aliphatic heterocycles. The second-order valence-corrected chi connectivity index (χ2v) is 10.1. The number of ether oxygens (including phenoxy) is 1. The fourth-order valence-corrected chi connectivity index (χ4v) is 3.02. The van der Waals surface area contributed by atoms with Crippen molar-refractivity contribution >= 4 is 13.7 Å². The molecule has 0 aromatic heterocycles. The molecule has 0 rings (SSSR count). The molecule has 28 heavy (non-hydrogen) atoms. The molecule has 0 aromatic rings. The third-order valence-electron chi connectivity index (χ3n) is 3.79. The van der Waals surface area contributed by atoms with Crippen LogP contribution in [-0.4, -0.2) is 39.2 Å². The van der Waals surface area contributed by atoms with Gasteiger partial charge in [-0.1, -0.05) is 34.9 Å². The zero-order valence-electron chi connectivity index (χ0n) is 18.5. The normalized spacial score (nSPS) is 13.3. The Kier molecular flexibility index (Phi) is 11.7. The molecule has 0 radical (unpaired) electrons. The predicted molar refractivity (Wildman–Crippen MR) is 115 cm³/mol. The highest BCUT2D eigenvalue weighted by Gasteiger charge is 2.27. The predicted octanol–water partition coefficient (Wildman–Crippen LogP) is 5.78. The average molecular weight is 416 g/mol. The van der Waals surface area contributed by atoms with Crippen LogP contribution in [0.15, 0.2) is 34.9 Å². The van der Waals surface area contributed by atoms with Gasteiger partial charge < -0.3 is 14.5 Å². The standard InChI is InChI=1S/C21H38NO5P/c1-17(2)10-8-11-18(3)12-9-13-19(4)14-15-22(16-28(24,25)26)20(23)27-21(5,6)7/h10,12,14H,8-9,11,13,15-16H2,1-7H3,(H2,24,25,26). The zero-order valence-corrected chi connectivity index (χ0v) is 19.4. The maximum atomic E-state index is 12.2. The van der Waals surface area contributed by atoms with Crippen molar-refractivity contribution in [3.63, 3.8) is 0 Å². The first-order valence-electron chi connectivity index (χ1n) is 9.67. The van der Waals surface area contributed by atoms with E-state index in [9.17, 15) is 19.1 Å². The molecule has 0 saturated carbocycles. The second kappa shape index (κ2) is 12.3.